The van der Waals surface area contributed by atoms with Crippen LogP contribution in [0.3, 0.4) is 0 Å². The summed E-state index contributed by atoms with van der Waals surface area (Å²) in [6.45, 7) is 5.23. The van der Waals surface area contributed by atoms with E-state index in [0.717, 1.165) is 31.5 Å². The van der Waals surface area contributed by atoms with Crippen LogP contribution < -0.4 is 0 Å². The molecule has 0 saturated carbocycles. The number of hydrogen-bond donors (Lipinski definition) is 2. The van der Waals surface area contributed by atoms with Crippen molar-refractivity contribution in [1.82, 2.24) is 9.88 Å². The number of rotatable bonds is 6. The molecule has 1 saturated heterocycles. The van der Waals surface area contributed by atoms with Crippen LogP contribution >= 0.6 is 0 Å². The minimum Gasteiger partial charge on any atom is -0.380 e. The van der Waals surface area contributed by atoms with Crippen LogP contribution in [0.5, 0.6) is 0 Å². The lowest BCUT2D eigenvalue weighted by molar-refractivity contribution is -0.266. The van der Waals surface area contributed by atoms with Gasteiger partial charge in [0.15, 0.2) is 5.60 Å². The summed E-state index contributed by atoms with van der Waals surface area (Å²) in [7, 11) is 0. The molecule has 2 aromatic rings. The van der Waals surface area contributed by atoms with Gasteiger partial charge in [-0.05, 0) is 54.0 Å². The monoisotopic (exact) mass is 451 g/mol. The molecule has 8 heteroatoms. The number of likely N-dealkylation sites (tertiary alicyclic amines) is 1. The molecule has 1 aromatic carbocycles. The number of nitrogens with zero attached hydrogens (tertiary/aromatic N) is 2. The Morgan fingerprint density at radius 1 is 1.12 bits per heavy atom. The molecular formula is C24H29F4N3O. The summed E-state index contributed by atoms with van der Waals surface area (Å²) in [5.74, 6) is -0.457. The Labute approximate surface area is 185 Å². The van der Waals surface area contributed by atoms with Crippen LogP contribution in [0.2, 0.25) is 0 Å². The van der Waals surface area contributed by atoms with Gasteiger partial charge in [0.2, 0.25) is 0 Å². The minimum atomic E-state index is -4.83. The lowest BCUT2D eigenvalue weighted by Crippen LogP contribution is -2.50. The van der Waals surface area contributed by atoms with Crippen molar-refractivity contribution < 1.29 is 22.7 Å². The highest BCUT2D eigenvalue weighted by atomic mass is 19.4. The summed E-state index contributed by atoms with van der Waals surface area (Å²) in [5, 5.41) is 10.9. The van der Waals surface area contributed by atoms with E-state index >= 15 is 0 Å². The minimum absolute atomic E-state index is 0.0209. The van der Waals surface area contributed by atoms with Gasteiger partial charge in [-0.15, -0.1) is 0 Å². The summed E-state index contributed by atoms with van der Waals surface area (Å²) in [4.78, 5) is 9.89. The van der Waals surface area contributed by atoms with Crippen LogP contribution in [0.4, 0.5) is 17.6 Å². The molecule has 2 aliphatic heterocycles. The first-order valence-electron chi connectivity index (χ1n) is 11.0. The number of halogens is 4. The van der Waals surface area contributed by atoms with Crippen molar-refractivity contribution in [2.24, 2.45) is 4.99 Å². The molecular weight excluding hydrogens is 422 g/mol. The zero-order chi connectivity index (χ0) is 23.1. The Morgan fingerprint density at radius 2 is 1.78 bits per heavy atom. The van der Waals surface area contributed by atoms with Gasteiger partial charge in [-0.2, -0.15) is 13.2 Å². The summed E-state index contributed by atoms with van der Waals surface area (Å²) < 4.78 is 55.6. The van der Waals surface area contributed by atoms with E-state index in [9.17, 15) is 22.7 Å². The molecule has 1 fully saturated rings. The molecule has 0 amide bonds. The molecule has 4 nitrogen and oxygen atoms in total. The molecule has 32 heavy (non-hydrogen) atoms. The van der Waals surface area contributed by atoms with Gasteiger partial charge in [-0.3, -0.25) is 9.89 Å². The second-order valence-electron chi connectivity index (χ2n) is 9.71. The maximum atomic E-state index is 14.1. The van der Waals surface area contributed by atoms with Gasteiger partial charge in [-0.1, -0.05) is 26.0 Å². The van der Waals surface area contributed by atoms with Crippen molar-refractivity contribution in [3.05, 3.63) is 58.7 Å². The molecule has 1 aromatic heterocycles. The third kappa shape index (κ3) is 4.62. The van der Waals surface area contributed by atoms with E-state index in [0.29, 0.717) is 23.4 Å². The molecule has 0 radical (unpaired) electrons. The number of H-pyrrole nitrogens is 1. The predicted molar refractivity (Wildman–Crippen MR) is 115 cm³/mol. The Hall–Kier alpha value is -2.19. The fourth-order valence-electron chi connectivity index (χ4n) is 4.94. The maximum absolute atomic E-state index is 14.1. The molecule has 2 aliphatic rings. The predicted octanol–water partition coefficient (Wildman–Crippen LogP) is 4.75. The van der Waals surface area contributed by atoms with E-state index in [-0.39, 0.29) is 6.17 Å². The van der Waals surface area contributed by atoms with Crippen molar-refractivity contribution in [1.29, 1.82) is 0 Å². The normalized spacial score (nSPS) is 21.5. The molecule has 2 N–H and O–H groups in total. The number of alkyl halides is 3. The maximum Gasteiger partial charge on any atom is 0.417 e. The number of hydrogen-bond acceptors (Lipinski definition) is 3. The molecule has 4 rings (SSSR count). The largest absolute Gasteiger partial charge is 0.417 e. The Morgan fingerprint density at radius 3 is 2.41 bits per heavy atom. The summed E-state index contributed by atoms with van der Waals surface area (Å²) in [6, 6.07) is 7.10. The van der Waals surface area contributed by atoms with Gasteiger partial charge in [0.05, 0.1) is 5.69 Å². The van der Waals surface area contributed by atoms with Crippen molar-refractivity contribution in [2.75, 3.05) is 13.1 Å². The second-order valence-corrected chi connectivity index (χ2v) is 9.71. The Balaban J connectivity index is 1.55. The molecule has 3 heterocycles. The zero-order valence-electron chi connectivity index (χ0n) is 18.3. The highest BCUT2D eigenvalue weighted by Crippen LogP contribution is 2.43. The first-order chi connectivity index (χ1) is 15.0. The number of aromatic nitrogens is 1. The zero-order valence-corrected chi connectivity index (χ0v) is 18.3. The summed E-state index contributed by atoms with van der Waals surface area (Å²) in [5.41, 5.74) is -1.46. The molecule has 2 atom stereocenters. The smallest absolute Gasteiger partial charge is 0.380 e. The van der Waals surface area contributed by atoms with Crippen molar-refractivity contribution in [3.63, 3.8) is 0 Å². The van der Waals surface area contributed by atoms with Crippen molar-refractivity contribution >= 4 is 6.21 Å². The first kappa shape index (κ1) is 23.0. The SMILES string of the molecule is CC(C)(CC(O)(Cc1cc2c([nH]1)C=NC(N1CCCC1)C2)C(F)(F)F)c1ccc(F)cc1. The van der Waals surface area contributed by atoms with Crippen LogP contribution in [-0.2, 0) is 18.3 Å². The fourth-order valence-corrected chi connectivity index (χ4v) is 4.94. The molecule has 0 bridgehead atoms. The third-order valence-electron chi connectivity index (χ3n) is 6.70. The van der Waals surface area contributed by atoms with Gasteiger partial charge in [0, 0.05) is 37.8 Å². The number of nitrogens with one attached hydrogen (secondary N) is 1. The van der Waals surface area contributed by atoms with Crippen LogP contribution in [0.1, 0.15) is 55.6 Å². The second kappa shape index (κ2) is 8.30. The summed E-state index contributed by atoms with van der Waals surface area (Å²) in [6.07, 6.45) is -1.33. The lowest BCUT2D eigenvalue weighted by Gasteiger charge is -2.38. The van der Waals surface area contributed by atoms with Crippen LogP contribution in [0.15, 0.2) is 35.3 Å². The van der Waals surface area contributed by atoms with Gasteiger partial charge < -0.3 is 10.1 Å². The van der Waals surface area contributed by atoms with E-state index < -0.39 is 35.9 Å². The van der Waals surface area contributed by atoms with Gasteiger partial charge >= 0.3 is 6.18 Å². The quantitative estimate of drug-likeness (QED) is 0.623. The van der Waals surface area contributed by atoms with Gasteiger partial charge in [0.1, 0.15) is 12.0 Å². The number of aromatic amines is 1. The molecule has 174 valence electrons. The lowest BCUT2D eigenvalue weighted by atomic mass is 9.73. The fraction of sp³-hybridized carbons (Fsp3) is 0.542. The number of fused-ring (bicyclic) bond motifs is 1. The highest BCUT2D eigenvalue weighted by molar-refractivity contribution is 5.81. The number of aliphatic hydroxyl groups is 1. The van der Waals surface area contributed by atoms with Crippen molar-refractivity contribution in [2.45, 2.75) is 69.3 Å². The van der Waals surface area contributed by atoms with E-state index in [2.05, 4.69) is 14.9 Å². The Bertz CT molecular complexity index is 974. The molecule has 2 unspecified atom stereocenters. The highest BCUT2D eigenvalue weighted by Gasteiger charge is 2.56. The standard InChI is InChI=1S/C24H29F4N3O/c1-22(2,17-5-7-18(25)8-6-17)15-23(32,24(26,27)28)13-19-11-16-12-21(29-14-20(16)30-19)31-9-3-4-10-31/h5-8,11,14,21,30,32H,3-4,9-10,12-13,15H2,1-2H3. The number of aliphatic imine (C=N–C) groups is 1. The molecule has 0 spiro atoms. The van der Waals surface area contributed by atoms with E-state index in [1.54, 1.807) is 26.1 Å². The number of benzene rings is 1. The van der Waals surface area contributed by atoms with Gasteiger partial charge in [0.25, 0.3) is 0 Å². The van der Waals surface area contributed by atoms with Crippen molar-refractivity contribution in [3.8, 4) is 0 Å². The molecule has 0 aliphatic carbocycles. The Kier molecular flexibility index (Phi) is 5.96. The van der Waals surface area contributed by atoms with E-state index in [1.165, 1.54) is 24.3 Å². The van der Waals surface area contributed by atoms with Gasteiger partial charge in [-0.25, -0.2) is 4.39 Å². The summed E-state index contributed by atoms with van der Waals surface area (Å²) >= 11 is 0. The first-order valence-corrected chi connectivity index (χ1v) is 11.0. The average molecular weight is 452 g/mol. The van der Waals surface area contributed by atoms with Crippen LogP contribution in [-0.4, -0.2) is 52.2 Å². The third-order valence-corrected chi connectivity index (χ3v) is 6.70. The average Bonchev–Trinajstić information content (AvgIpc) is 3.35. The topological polar surface area (TPSA) is 51.6 Å². The van der Waals surface area contributed by atoms with E-state index in [1.807, 2.05) is 0 Å². The van der Waals surface area contributed by atoms with E-state index in [4.69, 9.17) is 0 Å². The van der Waals surface area contributed by atoms with Crippen LogP contribution in [0.25, 0.3) is 0 Å². The van der Waals surface area contributed by atoms with Crippen LogP contribution in [0, 0.1) is 5.82 Å².